The standard InChI is InChI=1S/C7H5N4O8/c1-18-7-3(9(12)13)2-4-5(6(7)10(14)15)8-19-11(4,16)17/h2,8H,1H3/q-1. The molecule has 0 radical (unpaired) electrons. The predicted octanol–water partition coefficient (Wildman–Crippen LogP) is 1.09. The van der Waals surface area contributed by atoms with Gasteiger partial charge in [0.1, 0.15) is 0 Å². The van der Waals surface area contributed by atoms with Crippen LogP contribution in [0.4, 0.5) is 22.7 Å². The van der Waals surface area contributed by atoms with Crippen molar-refractivity contribution in [2.75, 3.05) is 12.6 Å². The molecule has 12 nitrogen and oxygen atoms in total. The minimum atomic E-state index is -2.72. The Morgan fingerprint density at radius 3 is 2.42 bits per heavy atom. The number of nitrogens with zero attached hydrogens (tertiary/aromatic N) is 3. The lowest BCUT2D eigenvalue weighted by atomic mass is 10.2. The molecule has 1 heterocycles. The Kier molecular flexibility index (Phi) is 2.71. The number of nitrogens with one attached hydrogen (secondary N) is 1. The maximum absolute atomic E-state index is 11.3. The number of nitro benzene ring substituents is 2. The average Bonchev–Trinajstić information content (AvgIpc) is 2.62. The molecule has 1 aliphatic heterocycles. The van der Waals surface area contributed by atoms with Crippen LogP contribution < -0.4 is 15.2 Å². The first-order chi connectivity index (χ1) is 8.79. The number of quaternary nitrogens is 1. The fourth-order valence-corrected chi connectivity index (χ4v) is 1.61. The Balaban J connectivity index is 2.85. The van der Waals surface area contributed by atoms with Gasteiger partial charge in [-0.15, -0.1) is 0 Å². The minimum Gasteiger partial charge on any atom is -0.590 e. The summed E-state index contributed by atoms with van der Waals surface area (Å²) >= 11 is 0. The third-order valence-corrected chi connectivity index (χ3v) is 2.36. The van der Waals surface area contributed by atoms with Crippen molar-refractivity contribution < 1.29 is 19.5 Å². The number of fused-ring (bicyclic) bond motifs is 1. The molecule has 0 saturated heterocycles. The van der Waals surface area contributed by atoms with Crippen LogP contribution in [0.25, 0.3) is 0 Å². The van der Waals surface area contributed by atoms with Gasteiger partial charge in [-0.1, -0.05) is 4.94 Å². The van der Waals surface area contributed by atoms with Crippen molar-refractivity contribution in [1.29, 1.82) is 0 Å². The van der Waals surface area contributed by atoms with Crippen LogP contribution in [0.2, 0.25) is 0 Å². The van der Waals surface area contributed by atoms with Gasteiger partial charge >= 0.3 is 11.4 Å². The Labute approximate surface area is 103 Å². The topological polar surface area (TPSA) is 163 Å². The SMILES string of the molecule is COc1c([N+](=O)[O-])cc2c(c1[N+](=O)[O-])NO[N+]2([O-])[O-]. The summed E-state index contributed by atoms with van der Waals surface area (Å²) in [5.74, 6) is -0.688. The predicted molar refractivity (Wildman–Crippen MR) is 59.5 cm³/mol. The molecule has 19 heavy (non-hydrogen) atoms. The first kappa shape index (κ1) is 12.9. The van der Waals surface area contributed by atoms with Gasteiger partial charge in [0.05, 0.1) is 23.0 Å². The van der Waals surface area contributed by atoms with Gasteiger partial charge in [-0.2, -0.15) is 10.5 Å². The highest BCUT2D eigenvalue weighted by Gasteiger charge is 2.42. The summed E-state index contributed by atoms with van der Waals surface area (Å²) < 4.78 is 4.60. The van der Waals surface area contributed by atoms with Gasteiger partial charge < -0.3 is 15.2 Å². The summed E-state index contributed by atoms with van der Waals surface area (Å²) in [5, 5.41) is 44.3. The van der Waals surface area contributed by atoms with E-state index in [1.54, 1.807) is 5.48 Å². The summed E-state index contributed by atoms with van der Waals surface area (Å²) in [6.45, 7) is 0. The lowest BCUT2D eigenvalue weighted by Gasteiger charge is -2.34. The lowest BCUT2D eigenvalue weighted by molar-refractivity contribution is -0.395. The third kappa shape index (κ3) is 1.80. The van der Waals surface area contributed by atoms with Crippen LogP contribution in [0, 0.1) is 30.6 Å². The smallest absolute Gasteiger partial charge is 0.349 e. The molecule has 0 bridgehead atoms. The van der Waals surface area contributed by atoms with Crippen LogP contribution >= 0.6 is 0 Å². The van der Waals surface area contributed by atoms with Crippen LogP contribution in [0.5, 0.6) is 5.75 Å². The van der Waals surface area contributed by atoms with E-state index in [4.69, 9.17) is 0 Å². The van der Waals surface area contributed by atoms with E-state index >= 15 is 0 Å². The van der Waals surface area contributed by atoms with Crippen molar-refractivity contribution in [2.24, 2.45) is 0 Å². The normalized spacial score (nSPS) is 15.5. The van der Waals surface area contributed by atoms with E-state index in [9.17, 15) is 30.6 Å². The fraction of sp³-hybridized carbons (Fsp3) is 0.143. The van der Waals surface area contributed by atoms with Gasteiger partial charge in [0.2, 0.25) is 11.4 Å². The molecular formula is C7H5N4O8-. The summed E-state index contributed by atoms with van der Waals surface area (Å²) in [6, 6.07) is 0.571. The zero-order valence-electron chi connectivity index (χ0n) is 9.18. The molecule has 0 amide bonds. The Bertz CT molecular complexity index is 585. The fourth-order valence-electron chi connectivity index (χ4n) is 1.61. The molecule has 0 aromatic heterocycles. The average molecular weight is 273 g/mol. The van der Waals surface area contributed by atoms with Crippen molar-refractivity contribution in [1.82, 2.24) is 4.97 Å². The molecule has 0 aliphatic carbocycles. The molecule has 1 aliphatic rings. The van der Waals surface area contributed by atoms with E-state index in [1.165, 1.54) is 0 Å². The lowest BCUT2D eigenvalue weighted by Crippen LogP contribution is -2.32. The molecule has 0 unspecified atom stereocenters. The van der Waals surface area contributed by atoms with Crippen molar-refractivity contribution >= 4 is 22.7 Å². The van der Waals surface area contributed by atoms with Gasteiger partial charge in [0, 0.05) is 0 Å². The van der Waals surface area contributed by atoms with Crippen LogP contribution in [0.3, 0.4) is 0 Å². The van der Waals surface area contributed by atoms with Crippen molar-refractivity contribution in [3.8, 4) is 5.75 Å². The number of hydrogen-bond donors (Lipinski definition) is 1. The molecule has 1 aromatic rings. The molecular weight excluding hydrogens is 268 g/mol. The van der Waals surface area contributed by atoms with Gasteiger partial charge in [0.15, 0.2) is 0 Å². The van der Waals surface area contributed by atoms with Crippen molar-refractivity contribution in [3.05, 3.63) is 36.7 Å². The van der Waals surface area contributed by atoms with Gasteiger partial charge in [-0.25, -0.2) is 0 Å². The van der Waals surface area contributed by atoms with Crippen LogP contribution in [-0.4, -0.2) is 17.0 Å². The van der Waals surface area contributed by atoms with Crippen molar-refractivity contribution in [3.63, 3.8) is 0 Å². The van der Waals surface area contributed by atoms with E-state index < -0.39 is 43.3 Å². The summed E-state index contributed by atoms with van der Waals surface area (Å²) in [6.07, 6.45) is 0. The van der Waals surface area contributed by atoms with E-state index in [0.717, 1.165) is 7.11 Å². The number of nitro groups is 2. The second kappa shape index (κ2) is 3.99. The first-order valence-corrected chi connectivity index (χ1v) is 4.59. The summed E-state index contributed by atoms with van der Waals surface area (Å²) in [4.78, 5) is 21.0. The Morgan fingerprint density at radius 1 is 1.32 bits per heavy atom. The largest absolute Gasteiger partial charge is 0.590 e. The Hall–Kier alpha value is -2.54. The van der Waals surface area contributed by atoms with Crippen LogP contribution in [0.1, 0.15) is 0 Å². The molecule has 1 N–H and O–H groups in total. The monoisotopic (exact) mass is 273 g/mol. The van der Waals surface area contributed by atoms with E-state index in [2.05, 4.69) is 9.68 Å². The number of hydrogen-bond acceptors (Lipinski definition) is 9. The van der Waals surface area contributed by atoms with Crippen LogP contribution in [-0.2, 0) is 4.94 Å². The number of ether oxygens (including phenoxy) is 1. The minimum absolute atomic E-state index is 0.571. The molecule has 0 atom stereocenters. The molecule has 1 aromatic carbocycles. The number of rotatable bonds is 3. The van der Waals surface area contributed by atoms with Crippen molar-refractivity contribution in [2.45, 2.75) is 0 Å². The zero-order valence-corrected chi connectivity index (χ0v) is 9.18. The first-order valence-electron chi connectivity index (χ1n) is 4.59. The molecule has 12 heteroatoms. The number of anilines is 1. The third-order valence-electron chi connectivity index (χ3n) is 2.36. The van der Waals surface area contributed by atoms with Gasteiger partial charge in [-0.05, 0) is 0 Å². The van der Waals surface area contributed by atoms with Gasteiger partial charge in [0.25, 0.3) is 5.75 Å². The quantitative estimate of drug-likeness (QED) is 0.367. The molecule has 0 spiro atoms. The number of benzene rings is 1. The maximum atomic E-state index is 11.3. The molecule has 2 rings (SSSR count). The number of methoxy groups -OCH3 is 1. The summed E-state index contributed by atoms with van der Waals surface area (Å²) in [7, 11) is 0.980. The second-order valence-electron chi connectivity index (χ2n) is 3.38. The highest BCUT2D eigenvalue weighted by Crippen LogP contribution is 2.52. The maximum Gasteiger partial charge on any atom is 0.349 e. The highest BCUT2D eigenvalue weighted by molar-refractivity contribution is 5.87. The Morgan fingerprint density at radius 2 is 1.95 bits per heavy atom. The van der Waals surface area contributed by atoms with Gasteiger partial charge in [-0.3, -0.25) is 20.2 Å². The summed E-state index contributed by atoms with van der Waals surface area (Å²) in [5.41, 5.74) is -1.42. The molecule has 0 fully saturated rings. The molecule has 102 valence electrons. The highest BCUT2D eigenvalue weighted by atomic mass is 17.2. The van der Waals surface area contributed by atoms with E-state index in [-0.39, 0.29) is 0 Å². The van der Waals surface area contributed by atoms with E-state index in [1.807, 2.05) is 0 Å². The zero-order chi connectivity index (χ0) is 14.4. The second-order valence-corrected chi connectivity index (χ2v) is 3.38. The van der Waals surface area contributed by atoms with E-state index in [0.29, 0.717) is 6.07 Å². The van der Waals surface area contributed by atoms with Crippen LogP contribution in [0.15, 0.2) is 6.07 Å². The molecule has 0 saturated carbocycles.